The number of hydrogen-bond donors (Lipinski definition) is 1. The quantitative estimate of drug-likeness (QED) is 0.776. The van der Waals surface area contributed by atoms with Crippen molar-refractivity contribution in [2.24, 2.45) is 0 Å². The van der Waals surface area contributed by atoms with E-state index in [-0.39, 0.29) is 30.9 Å². The average molecular weight is 340 g/mol. The van der Waals surface area contributed by atoms with Crippen LogP contribution in [0.1, 0.15) is 0 Å². The van der Waals surface area contributed by atoms with Gasteiger partial charge in [-0.3, -0.25) is 14.5 Å². The van der Waals surface area contributed by atoms with Crippen LogP contribution in [-0.4, -0.2) is 79.3 Å². The second-order valence-electron chi connectivity index (χ2n) is 5.64. The Labute approximate surface area is 139 Å². The molecular formula is C16H21FN2O5. The van der Waals surface area contributed by atoms with Crippen LogP contribution in [0.15, 0.2) is 24.3 Å². The molecule has 1 fully saturated rings. The minimum Gasteiger partial charge on any atom is -0.481 e. The maximum atomic E-state index is 13.5. The van der Waals surface area contributed by atoms with Gasteiger partial charge >= 0.3 is 5.97 Å². The van der Waals surface area contributed by atoms with Gasteiger partial charge in [-0.05, 0) is 19.2 Å². The highest BCUT2D eigenvalue weighted by atomic mass is 19.1. The average Bonchev–Trinajstić information content (AvgIpc) is 2.53. The monoisotopic (exact) mass is 340 g/mol. The van der Waals surface area contributed by atoms with Crippen molar-refractivity contribution in [1.82, 2.24) is 9.80 Å². The van der Waals surface area contributed by atoms with Gasteiger partial charge < -0.3 is 19.5 Å². The molecule has 0 aromatic heterocycles. The van der Waals surface area contributed by atoms with Crippen molar-refractivity contribution < 1.29 is 28.6 Å². The number of likely N-dealkylation sites (N-methyl/N-ethyl adjacent to an activating group) is 1. The first-order chi connectivity index (χ1) is 11.5. The second-order valence-corrected chi connectivity index (χ2v) is 5.64. The van der Waals surface area contributed by atoms with Crippen LogP contribution in [-0.2, 0) is 14.3 Å². The molecule has 1 amide bonds. The molecule has 1 aliphatic rings. The number of amides is 1. The smallest absolute Gasteiger partial charge is 0.317 e. The summed E-state index contributed by atoms with van der Waals surface area (Å²) < 4.78 is 24.3. The highest BCUT2D eigenvalue weighted by Crippen LogP contribution is 2.15. The number of carbonyl (C=O) groups is 2. The molecule has 1 heterocycles. The molecule has 1 atom stereocenters. The van der Waals surface area contributed by atoms with E-state index < -0.39 is 11.8 Å². The standard InChI is InChI=1S/C16H21FN2O5/c1-18(10-16(21)22)8-12-9-19(6-7-23-12)15(20)11-24-14-5-3-2-4-13(14)17/h2-5,12H,6-11H2,1H3,(H,21,22). The molecule has 0 spiro atoms. The van der Waals surface area contributed by atoms with Gasteiger partial charge in [0.25, 0.3) is 5.91 Å². The summed E-state index contributed by atoms with van der Waals surface area (Å²) in [7, 11) is 1.68. The molecule has 132 valence electrons. The maximum absolute atomic E-state index is 13.5. The summed E-state index contributed by atoms with van der Waals surface area (Å²) in [5, 5.41) is 8.76. The Balaban J connectivity index is 1.81. The number of hydrogen-bond acceptors (Lipinski definition) is 5. The van der Waals surface area contributed by atoms with Crippen molar-refractivity contribution in [2.75, 3.05) is 46.4 Å². The van der Waals surface area contributed by atoms with Gasteiger partial charge in [0.2, 0.25) is 0 Å². The van der Waals surface area contributed by atoms with E-state index in [4.69, 9.17) is 14.6 Å². The fourth-order valence-corrected chi connectivity index (χ4v) is 2.49. The van der Waals surface area contributed by atoms with Gasteiger partial charge in [-0.15, -0.1) is 0 Å². The summed E-state index contributed by atoms with van der Waals surface area (Å²) in [6.45, 7) is 1.21. The van der Waals surface area contributed by atoms with E-state index in [0.29, 0.717) is 26.2 Å². The summed E-state index contributed by atoms with van der Waals surface area (Å²) in [6.07, 6.45) is -0.263. The first kappa shape index (κ1) is 18.2. The molecule has 24 heavy (non-hydrogen) atoms. The molecule has 0 aliphatic carbocycles. The summed E-state index contributed by atoms with van der Waals surface area (Å²) in [6, 6.07) is 5.91. The highest BCUT2D eigenvalue weighted by molar-refractivity contribution is 5.78. The molecule has 2 rings (SSSR count). The highest BCUT2D eigenvalue weighted by Gasteiger charge is 2.25. The molecule has 0 saturated carbocycles. The van der Waals surface area contributed by atoms with Crippen molar-refractivity contribution in [2.45, 2.75) is 6.10 Å². The van der Waals surface area contributed by atoms with Crippen molar-refractivity contribution in [1.29, 1.82) is 0 Å². The number of nitrogens with zero attached hydrogens (tertiary/aromatic N) is 2. The summed E-state index contributed by atoms with van der Waals surface area (Å²) in [4.78, 5) is 26.1. The molecule has 1 aromatic rings. The van der Waals surface area contributed by atoms with Crippen LogP contribution in [0.25, 0.3) is 0 Å². The zero-order chi connectivity index (χ0) is 17.5. The van der Waals surface area contributed by atoms with Crippen LogP contribution in [0.5, 0.6) is 5.75 Å². The Morgan fingerprint density at radius 2 is 2.21 bits per heavy atom. The zero-order valence-corrected chi connectivity index (χ0v) is 13.5. The number of halogens is 1. The zero-order valence-electron chi connectivity index (χ0n) is 13.5. The summed E-state index contributed by atoms with van der Waals surface area (Å²) in [5.41, 5.74) is 0. The van der Waals surface area contributed by atoms with Gasteiger partial charge in [0, 0.05) is 19.6 Å². The van der Waals surface area contributed by atoms with Gasteiger partial charge in [0.1, 0.15) is 0 Å². The molecule has 1 unspecified atom stereocenters. The molecule has 1 aromatic carbocycles. The van der Waals surface area contributed by atoms with Crippen LogP contribution in [0.2, 0.25) is 0 Å². The van der Waals surface area contributed by atoms with E-state index in [0.717, 1.165) is 0 Å². The van der Waals surface area contributed by atoms with Gasteiger partial charge in [0.05, 0.1) is 19.3 Å². The van der Waals surface area contributed by atoms with Crippen molar-refractivity contribution >= 4 is 11.9 Å². The van der Waals surface area contributed by atoms with Gasteiger partial charge in [-0.1, -0.05) is 12.1 Å². The van der Waals surface area contributed by atoms with E-state index in [9.17, 15) is 14.0 Å². The van der Waals surface area contributed by atoms with E-state index in [1.807, 2.05) is 0 Å². The predicted octanol–water partition coefficient (Wildman–Crippen LogP) is 0.448. The molecule has 1 N–H and O–H groups in total. The first-order valence-corrected chi connectivity index (χ1v) is 7.62. The summed E-state index contributed by atoms with van der Waals surface area (Å²) >= 11 is 0. The third kappa shape index (κ3) is 5.47. The first-order valence-electron chi connectivity index (χ1n) is 7.62. The van der Waals surface area contributed by atoms with Crippen LogP contribution in [0.3, 0.4) is 0 Å². The molecule has 7 nitrogen and oxygen atoms in total. The third-order valence-electron chi connectivity index (χ3n) is 3.60. The number of morpholine rings is 1. The number of ether oxygens (including phenoxy) is 2. The maximum Gasteiger partial charge on any atom is 0.317 e. The SMILES string of the molecule is CN(CC(=O)O)CC1CN(C(=O)COc2ccccc2F)CCO1. The van der Waals surface area contributed by atoms with Gasteiger partial charge in [0.15, 0.2) is 18.2 Å². The van der Waals surface area contributed by atoms with E-state index in [2.05, 4.69) is 0 Å². The lowest BCUT2D eigenvalue weighted by Crippen LogP contribution is -2.50. The number of para-hydroxylation sites is 1. The largest absolute Gasteiger partial charge is 0.481 e. The normalized spacial score (nSPS) is 17.8. The van der Waals surface area contributed by atoms with Crippen LogP contribution in [0.4, 0.5) is 4.39 Å². The van der Waals surface area contributed by atoms with Gasteiger partial charge in [-0.2, -0.15) is 0 Å². The molecular weight excluding hydrogens is 319 g/mol. The number of carboxylic acid groups (broad SMARTS) is 1. The fourth-order valence-electron chi connectivity index (χ4n) is 2.49. The Hall–Kier alpha value is -2.19. The van der Waals surface area contributed by atoms with Crippen LogP contribution in [0, 0.1) is 5.82 Å². The van der Waals surface area contributed by atoms with Crippen LogP contribution < -0.4 is 4.74 Å². The Bertz CT molecular complexity index is 583. The lowest BCUT2D eigenvalue weighted by atomic mass is 10.2. The van der Waals surface area contributed by atoms with E-state index in [1.54, 1.807) is 29.0 Å². The Morgan fingerprint density at radius 3 is 2.92 bits per heavy atom. The molecule has 0 radical (unpaired) electrons. The van der Waals surface area contributed by atoms with Crippen molar-refractivity contribution in [3.8, 4) is 5.75 Å². The summed E-state index contributed by atoms with van der Waals surface area (Å²) in [5.74, 6) is -1.65. The predicted molar refractivity (Wildman–Crippen MR) is 83.3 cm³/mol. The Kier molecular flexibility index (Phi) is 6.51. The minimum absolute atomic E-state index is 0.0388. The van der Waals surface area contributed by atoms with Crippen molar-refractivity contribution in [3.63, 3.8) is 0 Å². The molecule has 8 heteroatoms. The molecule has 0 bridgehead atoms. The van der Waals surface area contributed by atoms with E-state index in [1.165, 1.54) is 12.1 Å². The third-order valence-corrected chi connectivity index (χ3v) is 3.60. The van der Waals surface area contributed by atoms with Crippen LogP contribution >= 0.6 is 0 Å². The topological polar surface area (TPSA) is 79.3 Å². The Morgan fingerprint density at radius 1 is 1.46 bits per heavy atom. The minimum atomic E-state index is -0.917. The molecule has 1 aliphatic heterocycles. The molecule has 1 saturated heterocycles. The number of carbonyl (C=O) groups excluding carboxylic acids is 1. The number of aliphatic carboxylic acids is 1. The fraction of sp³-hybridized carbons (Fsp3) is 0.500. The number of rotatable bonds is 7. The lowest BCUT2D eigenvalue weighted by molar-refractivity contribution is -0.143. The van der Waals surface area contributed by atoms with Gasteiger partial charge in [-0.25, -0.2) is 4.39 Å². The lowest BCUT2D eigenvalue weighted by Gasteiger charge is -2.34. The number of benzene rings is 1. The van der Waals surface area contributed by atoms with E-state index >= 15 is 0 Å². The second kappa shape index (κ2) is 8.60. The van der Waals surface area contributed by atoms with Crippen molar-refractivity contribution in [3.05, 3.63) is 30.1 Å². The number of carboxylic acids is 1.